The predicted octanol–water partition coefficient (Wildman–Crippen LogP) is 1.08. The van der Waals surface area contributed by atoms with E-state index in [1.165, 1.54) is 0 Å². The van der Waals surface area contributed by atoms with Gasteiger partial charge in [0.15, 0.2) is 0 Å². The number of aliphatic hydroxyl groups excluding tert-OH is 1. The van der Waals surface area contributed by atoms with Crippen molar-refractivity contribution < 1.29 is 5.11 Å². The topological polar surface area (TPSA) is 35.5 Å². The summed E-state index contributed by atoms with van der Waals surface area (Å²) >= 11 is 1.63. The van der Waals surface area contributed by atoms with Crippen molar-refractivity contribution in [1.29, 1.82) is 0 Å². The maximum absolute atomic E-state index is 10.2. The number of nitrogens with zero attached hydrogens (tertiary/aromatic N) is 1. The number of piperazine rings is 1. The molecule has 0 spiro atoms. The molecule has 0 saturated carbocycles. The Labute approximate surface area is 94.7 Å². The third-order valence-electron chi connectivity index (χ3n) is 3.02. The van der Waals surface area contributed by atoms with E-state index in [4.69, 9.17) is 0 Å². The fourth-order valence-corrected chi connectivity index (χ4v) is 2.79. The highest BCUT2D eigenvalue weighted by molar-refractivity contribution is 7.10. The lowest BCUT2D eigenvalue weighted by molar-refractivity contribution is 0.0532. The molecular weight excluding hydrogens is 208 g/mol. The summed E-state index contributed by atoms with van der Waals surface area (Å²) < 4.78 is 0. The Balaban J connectivity index is 1.97. The summed E-state index contributed by atoms with van der Waals surface area (Å²) in [5.74, 6) is 0. The van der Waals surface area contributed by atoms with Gasteiger partial charge >= 0.3 is 0 Å². The van der Waals surface area contributed by atoms with E-state index in [-0.39, 0.29) is 12.1 Å². The zero-order chi connectivity index (χ0) is 10.7. The maximum Gasteiger partial charge on any atom is 0.103 e. The number of hydrogen-bond acceptors (Lipinski definition) is 4. The van der Waals surface area contributed by atoms with E-state index in [1.54, 1.807) is 11.3 Å². The van der Waals surface area contributed by atoms with Crippen molar-refractivity contribution in [3.05, 3.63) is 22.4 Å². The molecule has 0 radical (unpaired) electrons. The summed E-state index contributed by atoms with van der Waals surface area (Å²) in [4.78, 5) is 3.42. The molecule has 1 aliphatic heterocycles. The Hall–Kier alpha value is -0.420. The second-order valence-electron chi connectivity index (χ2n) is 3.99. The summed E-state index contributed by atoms with van der Waals surface area (Å²) in [6.07, 6.45) is -0.344. The van der Waals surface area contributed by atoms with E-state index in [0.29, 0.717) is 0 Å². The lowest BCUT2D eigenvalue weighted by Gasteiger charge is -2.35. The second-order valence-corrected chi connectivity index (χ2v) is 4.97. The zero-order valence-corrected chi connectivity index (χ0v) is 9.83. The van der Waals surface area contributed by atoms with Crippen molar-refractivity contribution in [2.45, 2.75) is 19.1 Å². The molecule has 4 heteroatoms. The molecule has 1 aromatic heterocycles. The minimum absolute atomic E-state index is 0.214. The molecule has 1 aromatic rings. The fourth-order valence-electron chi connectivity index (χ4n) is 1.99. The molecule has 0 aromatic carbocycles. The SMILES string of the molecule is CC(C(O)c1cccs1)N1CCNCC1. The maximum atomic E-state index is 10.2. The monoisotopic (exact) mass is 226 g/mol. The third kappa shape index (κ3) is 2.58. The van der Waals surface area contributed by atoms with Gasteiger partial charge in [0.1, 0.15) is 6.10 Å². The van der Waals surface area contributed by atoms with Gasteiger partial charge in [0, 0.05) is 37.1 Å². The number of nitrogens with one attached hydrogen (secondary N) is 1. The first-order valence-corrected chi connectivity index (χ1v) is 6.33. The van der Waals surface area contributed by atoms with Gasteiger partial charge in [0.2, 0.25) is 0 Å². The average Bonchev–Trinajstić information content (AvgIpc) is 2.82. The molecule has 1 aliphatic rings. The normalized spacial score (nSPS) is 22.5. The minimum Gasteiger partial charge on any atom is -0.386 e. The lowest BCUT2D eigenvalue weighted by Crippen LogP contribution is -2.49. The Morgan fingerprint density at radius 1 is 1.47 bits per heavy atom. The van der Waals surface area contributed by atoms with Crippen LogP contribution >= 0.6 is 11.3 Å². The van der Waals surface area contributed by atoms with Crippen LogP contribution in [0.3, 0.4) is 0 Å². The van der Waals surface area contributed by atoms with Crippen LogP contribution in [-0.2, 0) is 0 Å². The standard InChI is InChI=1S/C11H18N2OS/c1-9(13-6-4-12-5-7-13)11(14)10-3-2-8-15-10/h2-3,8-9,11-12,14H,4-7H2,1H3. The molecule has 2 atom stereocenters. The van der Waals surface area contributed by atoms with E-state index in [9.17, 15) is 5.11 Å². The largest absolute Gasteiger partial charge is 0.386 e. The van der Waals surface area contributed by atoms with Crippen LogP contribution in [0.15, 0.2) is 17.5 Å². The first-order chi connectivity index (χ1) is 7.29. The first-order valence-electron chi connectivity index (χ1n) is 5.45. The van der Waals surface area contributed by atoms with Gasteiger partial charge in [-0.2, -0.15) is 0 Å². The van der Waals surface area contributed by atoms with Gasteiger partial charge in [-0.3, -0.25) is 4.90 Å². The molecule has 0 bridgehead atoms. The Morgan fingerprint density at radius 3 is 2.80 bits per heavy atom. The molecule has 2 N–H and O–H groups in total. The van der Waals surface area contributed by atoms with Gasteiger partial charge in [0.05, 0.1) is 0 Å². The Bertz CT molecular complexity index is 283. The van der Waals surface area contributed by atoms with Crippen molar-refractivity contribution in [1.82, 2.24) is 10.2 Å². The number of aliphatic hydroxyl groups is 1. The van der Waals surface area contributed by atoms with Gasteiger partial charge < -0.3 is 10.4 Å². The second kappa shape index (κ2) is 5.07. The number of rotatable bonds is 3. The predicted molar refractivity (Wildman–Crippen MR) is 63.2 cm³/mol. The molecule has 0 amide bonds. The minimum atomic E-state index is -0.344. The summed E-state index contributed by atoms with van der Waals surface area (Å²) in [7, 11) is 0. The molecule has 2 rings (SSSR count). The lowest BCUT2D eigenvalue weighted by atomic mass is 10.1. The van der Waals surface area contributed by atoms with E-state index < -0.39 is 0 Å². The van der Waals surface area contributed by atoms with Crippen LogP contribution in [0, 0.1) is 0 Å². The molecule has 15 heavy (non-hydrogen) atoms. The van der Waals surface area contributed by atoms with Crippen LogP contribution in [-0.4, -0.2) is 42.2 Å². The Morgan fingerprint density at radius 2 is 2.20 bits per heavy atom. The molecule has 2 unspecified atom stereocenters. The van der Waals surface area contributed by atoms with Crippen LogP contribution in [0.25, 0.3) is 0 Å². The molecular formula is C11H18N2OS. The van der Waals surface area contributed by atoms with Crippen LogP contribution in [0.4, 0.5) is 0 Å². The average molecular weight is 226 g/mol. The van der Waals surface area contributed by atoms with Gasteiger partial charge in [-0.15, -0.1) is 11.3 Å². The smallest absolute Gasteiger partial charge is 0.103 e. The van der Waals surface area contributed by atoms with Crippen molar-refractivity contribution in [3.8, 4) is 0 Å². The van der Waals surface area contributed by atoms with E-state index in [1.807, 2.05) is 17.5 Å². The highest BCUT2D eigenvalue weighted by atomic mass is 32.1. The van der Waals surface area contributed by atoms with E-state index >= 15 is 0 Å². The third-order valence-corrected chi connectivity index (χ3v) is 3.96. The number of hydrogen-bond donors (Lipinski definition) is 2. The molecule has 84 valence electrons. The fraction of sp³-hybridized carbons (Fsp3) is 0.636. The summed E-state index contributed by atoms with van der Waals surface area (Å²) in [5.41, 5.74) is 0. The van der Waals surface area contributed by atoms with Crippen LogP contribution in [0.2, 0.25) is 0 Å². The van der Waals surface area contributed by atoms with Crippen molar-refractivity contribution in [2.75, 3.05) is 26.2 Å². The van der Waals surface area contributed by atoms with Gasteiger partial charge in [-0.1, -0.05) is 6.07 Å². The summed E-state index contributed by atoms with van der Waals surface area (Å²) in [5, 5.41) is 15.5. The van der Waals surface area contributed by atoms with E-state index in [2.05, 4.69) is 17.1 Å². The van der Waals surface area contributed by atoms with Crippen molar-refractivity contribution in [3.63, 3.8) is 0 Å². The molecule has 0 aliphatic carbocycles. The highest BCUT2D eigenvalue weighted by Crippen LogP contribution is 2.24. The van der Waals surface area contributed by atoms with Crippen LogP contribution < -0.4 is 5.32 Å². The quantitative estimate of drug-likeness (QED) is 0.809. The van der Waals surface area contributed by atoms with Crippen LogP contribution in [0.5, 0.6) is 0 Å². The summed E-state index contributed by atoms with van der Waals surface area (Å²) in [6, 6.07) is 4.22. The zero-order valence-electron chi connectivity index (χ0n) is 9.02. The molecule has 1 saturated heterocycles. The molecule has 2 heterocycles. The van der Waals surface area contributed by atoms with Gasteiger partial charge in [0.25, 0.3) is 0 Å². The van der Waals surface area contributed by atoms with Gasteiger partial charge in [-0.25, -0.2) is 0 Å². The molecule has 1 fully saturated rings. The van der Waals surface area contributed by atoms with E-state index in [0.717, 1.165) is 31.1 Å². The summed E-state index contributed by atoms with van der Waals surface area (Å²) in [6.45, 7) is 6.23. The first kappa shape index (κ1) is 11.1. The Kier molecular flexibility index (Phi) is 3.75. The van der Waals surface area contributed by atoms with Crippen molar-refractivity contribution in [2.24, 2.45) is 0 Å². The number of thiophene rings is 1. The van der Waals surface area contributed by atoms with Crippen LogP contribution in [0.1, 0.15) is 17.9 Å². The highest BCUT2D eigenvalue weighted by Gasteiger charge is 2.24. The van der Waals surface area contributed by atoms with Gasteiger partial charge in [-0.05, 0) is 18.4 Å². The molecule has 3 nitrogen and oxygen atoms in total. The van der Waals surface area contributed by atoms with Crippen molar-refractivity contribution >= 4 is 11.3 Å².